The molecule has 0 saturated heterocycles. The van der Waals surface area contributed by atoms with Crippen molar-refractivity contribution in [3.8, 4) is 11.5 Å². The fourth-order valence-corrected chi connectivity index (χ4v) is 2.84. The van der Waals surface area contributed by atoms with Gasteiger partial charge in [-0.1, -0.05) is 35.0 Å². The lowest BCUT2D eigenvalue weighted by atomic mass is 10.2. The van der Waals surface area contributed by atoms with E-state index in [4.69, 9.17) is 21.9 Å². The lowest BCUT2D eigenvalue weighted by Crippen LogP contribution is -1.87. The van der Waals surface area contributed by atoms with E-state index in [0.29, 0.717) is 28.2 Å². The SMILES string of the molecule is Nc1cc(Cl)cc(-c2nc(CSc3ccccc3)no2)c1. The van der Waals surface area contributed by atoms with Crippen molar-refractivity contribution in [2.75, 3.05) is 5.73 Å². The van der Waals surface area contributed by atoms with Crippen LogP contribution in [0.3, 0.4) is 0 Å². The summed E-state index contributed by atoms with van der Waals surface area (Å²) < 4.78 is 5.26. The van der Waals surface area contributed by atoms with E-state index in [1.54, 1.807) is 30.0 Å². The fraction of sp³-hybridized carbons (Fsp3) is 0.0667. The van der Waals surface area contributed by atoms with E-state index in [0.717, 1.165) is 10.5 Å². The highest BCUT2D eigenvalue weighted by atomic mass is 35.5. The first-order chi connectivity index (χ1) is 10.2. The second-order valence-corrected chi connectivity index (χ2v) is 5.88. The molecule has 1 aromatic heterocycles. The van der Waals surface area contributed by atoms with E-state index >= 15 is 0 Å². The second-order valence-electron chi connectivity index (χ2n) is 4.39. The summed E-state index contributed by atoms with van der Waals surface area (Å²) in [4.78, 5) is 5.53. The van der Waals surface area contributed by atoms with Crippen molar-refractivity contribution < 1.29 is 4.52 Å². The van der Waals surface area contributed by atoms with Crippen molar-refractivity contribution in [1.82, 2.24) is 10.1 Å². The molecule has 6 heteroatoms. The summed E-state index contributed by atoms with van der Waals surface area (Å²) in [5, 5.41) is 4.52. The minimum Gasteiger partial charge on any atom is -0.399 e. The number of aromatic nitrogens is 2. The molecule has 2 aromatic carbocycles. The summed E-state index contributed by atoms with van der Waals surface area (Å²) >= 11 is 7.63. The molecule has 0 bridgehead atoms. The largest absolute Gasteiger partial charge is 0.399 e. The van der Waals surface area contributed by atoms with Crippen LogP contribution in [-0.2, 0) is 5.75 Å². The summed E-state index contributed by atoms with van der Waals surface area (Å²) in [5.74, 6) is 1.70. The number of hydrogen-bond donors (Lipinski definition) is 1. The van der Waals surface area contributed by atoms with Gasteiger partial charge in [0, 0.05) is 21.2 Å². The van der Waals surface area contributed by atoms with E-state index in [9.17, 15) is 0 Å². The van der Waals surface area contributed by atoms with Crippen molar-refractivity contribution in [2.24, 2.45) is 0 Å². The zero-order valence-corrected chi connectivity index (χ0v) is 12.6. The monoisotopic (exact) mass is 317 g/mol. The van der Waals surface area contributed by atoms with E-state index in [1.165, 1.54) is 0 Å². The fourth-order valence-electron chi connectivity index (χ4n) is 1.83. The average molecular weight is 318 g/mol. The summed E-state index contributed by atoms with van der Waals surface area (Å²) in [6, 6.07) is 15.3. The van der Waals surface area contributed by atoms with E-state index in [2.05, 4.69) is 10.1 Å². The van der Waals surface area contributed by atoms with Gasteiger partial charge in [0.05, 0.1) is 5.75 Å². The van der Waals surface area contributed by atoms with Crippen molar-refractivity contribution >= 4 is 29.1 Å². The normalized spacial score (nSPS) is 10.7. The third kappa shape index (κ3) is 3.56. The summed E-state index contributed by atoms with van der Waals surface area (Å²) in [5.41, 5.74) is 7.05. The molecule has 0 radical (unpaired) electrons. The maximum atomic E-state index is 5.97. The van der Waals surface area contributed by atoms with Crippen LogP contribution < -0.4 is 5.73 Å². The van der Waals surface area contributed by atoms with Crippen LogP contribution in [-0.4, -0.2) is 10.1 Å². The number of hydrogen-bond acceptors (Lipinski definition) is 5. The van der Waals surface area contributed by atoms with Crippen LogP contribution in [0.15, 0.2) is 57.9 Å². The Bertz CT molecular complexity index is 725. The molecule has 0 unspecified atom stereocenters. The quantitative estimate of drug-likeness (QED) is 0.575. The third-order valence-electron chi connectivity index (χ3n) is 2.75. The predicted molar refractivity (Wildman–Crippen MR) is 85.2 cm³/mol. The standard InChI is InChI=1S/C15H12ClN3OS/c16-11-6-10(7-12(17)8-11)15-18-14(19-20-15)9-21-13-4-2-1-3-5-13/h1-8H,9,17H2. The van der Waals surface area contributed by atoms with Crippen LogP contribution in [0.4, 0.5) is 5.69 Å². The van der Waals surface area contributed by atoms with Gasteiger partial charge in [-0.05, 0) is 30.3 Å². The van der Waals surface area contributed by atoms with Crippen molar-refractivity contribution in [3.63, 3.8) is 0 Å². The van der Waals surface area contributed by atoms with Gasteiger partial charge >= 0.3 is 0 Å². The van der Waals surface area contributed by atoms with Crippen molar-refractivity contribution in [2.45, 2.75) is 10.6 Å². The summed E-state index contributed by atoms with van der Waals surface area (Å²) in [6.45, 7) is 0. The minimum atomic E-state index is 0.424. The molecule has 0 aliphatic heterocycles. The van der Waals surface area contributed by atoms with E-state index in [1.807, 2.05) is 30.3 Å². The van der Waals surface area contributed by atoms with E-state index < -0.39 is 0 Å². The van der Waals surface area contributed by atoms with Gasteiger partial charge in [-0.15, -0.1) is 11.8 Å². The molecule has 3 rings (SSSR count). The smallest absolute Gasteiger partial charge is 0.258 e. The Kier molecular flexibility index (Phi) is 4.13. The first-order valence-corrected chi connectivity index (χ1v) is 7.64. The molecule has 0 fully saturated rings. The van der Waals surface area contributed by atoms with Crippen molar-refractivity contribution in [1.29, 1.82) is 0 Å². The zero-order chi connectivity index (χ0) is 14.7. The van der Waals surface area contributed by atoms with Gasteiger partial charge < -0.3 is 10.3 Å². The molecule has 21 heavy (non-hydrogen) atoms. The second kappa shape index (κ2) is 6.20. The molecule has 2 N–H and O–H groups in total. The molecule has 0 atom stereocenters. The summed E-state index contributed by atoms with van der Waals surface area (Å²) in [6.07, 6.45) is 0. The molecule has 0 aliphatic rings. The Morgan fingerprint density at radius 3 is 2.71 bits per heavy atom. The molecule has 1 heterocycles. The number of benzene rings is 2. The Morgan fingerprint density at radius 2 is 1.95 bits per heavy atom. The summed E-state index contributed by atoms with van der Waals surface area (Å²) in [7, 11) is 0. The lowest BCUT2D eigenvalue weighted by Gasteiger charge is -1.98. The van der Waals surface area contributed by atoms with Crippen LogP contribution in [0.2, 0.25) is 5.02 Å². The van der Waals surface area contributed by atoms with Gasteiger partial charge in [0.2, 0.25) is 0 Å². The van der Waals surface area contributed by atoms with Gasteiger partial charge in [0.25, 0.3) is 5.89 Å². The average Bonchev–Trinajstić information content (AvgIpc) is 2.94. The molecule has 3 aromatic rings. The highest BCUT2D eigenvalue weighted by Gasteiger charge is 2.10. The first-order valence-electron chi connectivity index (χ1n) is 6.27. The van der Waals surface area contributed by atoms with Crippen molar-refractivity contribution in [3.05, 3.63) is 59.4 Å². The number of nitrogens with two attached hydrogens (primary N) is 1. The number of anilines is 1. The van der Waals surface area contributed by atoms with Gasteiger partial charge in [-0.25, -0.2) is 0 Å². The van der Waals surface area contributed by atoms with Crippen LogP contribution in [0.1, 0.15) is 5.82 Å². The molecule has 0 spiro atoms. The molecule has 106 valence electrons. The van der Waals surface area contributed by atoms with E-state index in [-0.39, 0.29) is 0 Å². The number of thioether (sulfide) groups is 1. The molecule has 4 nitrogen and oxygen atoms in total. The zero-order valence-electron chi connectivity index (χ0n) is 11.0. The number of nitrogen functional groups attached to an aromatic ring is 1. The number of halogens is 1. The highest BCUT2D eigenvalue weighted by molar-refractivity contribution is 7.98. The first kappa shape index (κ1) is 14.0. The molecular weight excluding hydrogens is 306 g/mol. The minimum absolute atomic E-state index is 0.424. The van der Waals surface area contributed by atoms with Gasteiger partial charge in [-0.3, -0.25) is 0 Å². The number of nitrogens with zero attached hydrogens (tertiary/aromatic N) is 2. The van der Waals surface area contributed by atoms with Crippen LogP contribution in [0.5, 0.6) is 0 Å². The molecule has 0 aliphatic carbocycles. The Labute approximate surface area is 131 Å². The number of rotatable bonds is 4. The van der Waals surface area contributed by atoms with Crippen LogP contribution in [0.25, 0.3) is 11.5 Å². The highest BCUT2D eigenvalue weighted by Crippen LogP contribution is 2.26. The Morgan fingerprint density at radius 1 is 1.14 bits per heavy atom. The lowest BCUT2D eigenvalue weighted by molar-refractivity contribution is 0.425. The Balaban J connectivity index is 1.74. The van der Waals surface area contributed by atoms with Gasteiger partial charge in [0.1, 0.15) is 0 Å². The molecular formula is C15H12ClN3OS. The van der Waals surface area contributed by atoms with Gasteiger partial charge in [0.15, 0.2) is 5.82 Å². The predicted octanol–water partition coefficient (Wildman–Crippen LogP) is 4.26. The maximum absolute atomic E-state index is 5.97. The third-order valence-corrected chi connectivity index (χ3v) is 3.97. The maximum Gasteiger partial charge on any atom is 0.258 e. The Hall–Kier alpha value is -1.98. The molecule has 0 saturated carbocycles. The van der Waals surface area contributed by atoms with Crippen LogP contribution in [0, 0.1) is 0 Å². The molecule has 0 amide bonds. The topological polar surface area (TPSA) is 64.9 Å². The van der Waals surface area contributed by atoms with Gasteiger partial charge in [-0.2, -0.15) is 4.98 Å². The van der Waals surface area contributed by atoms with Crippen LogP contribution >= 0.6 is 23.4 Å².